The van der Waals surface area contributed by atoms with Gasteiger partial charge in [0.1, 0.15) is 0 Å². The summed E-state index contributed by atoms with van der Waals surface area (Å²) in [4.78, 5) is 0. The topological polar surface area (TPSA) is 0 Å². The number of hydrogen-bond acceptors (Lipinski definition) is 0. The van der Waals surface area contributed by atoms with Crippen LogP contribution in [0.3, 0.4) is 0 Å². The summed E-state index contributed by atoms with van der Waals surface area (Å²) in [5.41, 5.74) is 0. The first-order valence-corrected chi connectivity index (χ1v) is 2.89. The van der Waals surface area contributed by atoms with Crippen molar-refractivity contribution in [1.29, 1.82) is 0 Å². The minimum atomic E-state index is 0. The Bertz CT molecular complexity index is 76.6. The summed E-state index contributed by atoms with van der Waals surface area (Å²) in [5, 5.41) is 0. The molecule has 0 nitrogen and oxygen atoms in total. The van der Waals surface area contributed by atoms with Gasteiger partial charge in [0.2, 0.25) is 0 Å². The molecule has 51 valence electrons. The molecule has 0 saturated carbocycles. The van der Waals surface area contributed by atoms with Gasteiger partial charge < -0.3 is 7.43 Å². The van der Waals surface area contributed by atoms with Crippen molar-refractivity contribution in [2.45, 2.75) is 19.8 Å². The summed E-state index contributed by atoms with van der Waals surface area (Å²) in [6.45, 7) is 2.25. The van der Waals surface area contributed by atoms with Crippen molar-refractivity contribution in [3.05, 3.63) is 26.0 Å². The van der Waals surface area contributed by atoms with E-state index in [1.165, 1.54) is 12.8 Å². The van der Waals surface area contributed by atoms with Gasteiger partial charge in [-0.3, -0.25) is 0 Å². The van der Waals surface area contributed by atoms with Crippen LogP contribution < -0.4 is 0 Å². The third-order valence-corrected chi connectivity index (χ3v) is 1.36. The Balaban J connectivity index is 0. The van der Waals surface area contributed by atoms with E-state index >= 15 is 0 Å². The molecule has 0 amide bonds. The van der Waals surface area contributed by atoms with E-state index in [2.05, 4.69) is 25.5 Å². The SMILES string of the molecule is CC1C=C[CH-]CC1.[CH3-].[Y]. The molecule has 0 saturated heterocycles. The molecule has 0 spiro atoms. The van der Waals surface area contributed by atoms with Crippen molar-refractivity contribution < 1.29 is 32.7 Å². The van der Waals surface area contributed by atoms with Crippen LogP contribution >= 0.6 is 0 Å². The summed E-state index contributed by atoms with van der Waals surface area (Å²) in [5.74, 6) is 0.824. The van der Waals surface area contributed by atoms with Gasteiger partial charge in [-0.25, -0.2) is 18.6 Å². The Hall–Kier alpha value is 0.714. The molecule has 0 aliphatic heterocycles. The van der Waals surface area contributed by atoms with Crippen molar-refractivity contribution in [1.82, 2.24) is 0 Å². The first-order chi connectivity index (χ1) is 3.39. The van der Waals surface area contributed by atoms with Crippen LogP contribution in [0.2, 0.25) is 0 Å². The maximum atomic E-state index is 2.25. The predicted molar refractivity (Wildman–Crippen MR) is 38.3 cm³/mol. The first-order valence-electron chi connectivity index (χ1n) is 2.89. The zero-order valence-electron chi connectivity index (χ0n) is 6.30. The third kappa shape index (κ3) is 5.17. The van der Waals surface area contributed by atoms with E-state index in [9.17, 15) is 0 Å². The van der Waals surface area contributed by atoms with E-state index in [0.29, 0.717) is 0 Å². The summed E-state index contributed by atoms with van der Waals surface area (Å²) < 4.78 is 0. The van der Waals surface area contributed by atoms with Gasteiger partial charge in [-0.15, -0.1) is 6.42 Å². The van der Waals surface area contributed by atoms with Gasteiger partial charge in [0, 0.05) is 32.7 Å². The molecule has 0 fully saturated rings. The first kappa shape index (κ1) is 12.4. The molecule has 0 heterocycles. The minimum Gasteiger partial charge on any atom is -0.358 e. The van der Waals surface area contributed by atoms with Crippen LogP contribution in [0.4, 0.5) is 0 Å². The van der Waals surface area contributed by atoms with Crippen molar-refractivity contribution >= 4 is 0 Å². The van der Waals surface area contributed by atoms with Crippen LogP contribution in [-0.2, 0) is 32.7 Å². The fraction of sp³-hybridized carbons (Fsp3) is 0.500. The average Bonchev–Trinajstić information content (AvgIpc) is 1.69. The summed E-state index contributed by atoms with van der Waals surface area (Å²) in [7, 11) is 0. The standard InChI is InChI=1S/C7H11.CH3.Y/c1-7-5-3-2-4-6-7;;/h2-3,5,7H,4,6H2,1H3;1H3;/q2*-1;. The van der Waals surface area contributed by atoms with Crippen molar-refractivity contribution in [2.75, 3.05) is 0 Å². The molecular weight excluding hydrogens is 185 g/mol. The summed E-state index contributed by atoms with van der Waals surface area (Å²) in [6, 6.07) is 0. The maximum Gasteiger partial charge on any atom is 0 e. The second-order valence-electron chi connectivity index (χ2n) is 2.18. The summed E-state index contributed by atoms with van der Waals surface area (Å²) >= 11 is 0. The number of hydrogen-bond donors (Lipinski definition) is 0. The van der Waals surface area contributed by atoms with E-state index in [1.807, 2.05) is 0 Å². The van der Waals surface area contributed by atoms with Crippen LogP contribution in [0.25, 0.3) is 0 Å². The molecule has 9 heavy (non-hydrogen) atoms. The molecule has 0 bridgehead atoms. The quantitative estimate of drug-likeness (QED) is 0.526. The van der Waals surface area contributed by atoms with Gasteiger partial charge in [0.25, 0.3) is 0 Å². The largest absolute Gasteiger partial charge is 0.358 e. The molecule has 0 aromatic rings. The average molecular weight is 199 g/mol. The summed E-state index contributed by atoms with van der Waals surface area (Å²) in [6.07, 6.45) is 9.26. The van der Waals surface area contributed by atoms with Crippen molar-refractivity contribution in [3.63, 3.8) is 0 Å². The molecule has 1 aliphatic carbocycles. The molecule has 1 radical (unpaired) electrons. The Morgan fingerprint density at radius 3 is 2.44 bits per heavy atom. The van der Waals surface area contributed by atoms with Gasteiger partial charge in [-0.2, -0.15) is 0 Å². The Morgan fingerprint density at radius 2 is 2.22 bits per heavy atom. The van der Waals surface area contributed by atoms with Crippen LogP contribution in [0.15, 0.2) is 12.2 Å². The Kier molecular flexibility index (Phi) is 9.41. The van der Waals surface area contributed by atoms with E-state index < -0.39 is 0 Å². The predicted octanol–water partition coefficient (Wildman–Crippen LogP) is 2.62. The maximum absolute atomic E-state index is 2.25. The normalized spacial score (nSPS) is 23.0. The molecule has 1 aliphatic rings. The van der Waals surface area contributed by atoms with Gasteiger partial charge in [-0.1, -0.05) is 19.3 Å². The fourth-order valence-electron chi connectivity index (χ4n) is 0.820. The van der Waals surface area contributed by atoms with E-state index in [0.717, 1.165) is 5.92 Å². The molecular formula is C8H14Y-2. The fourth-order valence-corrected chi connectivity index (χ4v) is 0.820. The van der Waals surface area contributed by atoms with Crippen LogP contribution in [-0.4, -0.2) is 0 Å². The third-order valence-electron chi connectivity index (χ3n) is 1.36. The second kappa shape index (κ2) is 6.83. The van der Waals surface area contributed by atoms with Crippen LogP contribution in [0.1, 0.15) is 19.8 Å². The van der Waals surface area contributed by atoms with Crippen LogP contribution in [0, 0.1) is 19.8 Å². The van der Waals surface area contributed by atoms with Crippen molar-refractivity contribution in [2.24, 2.45) is 5.92 Å². The number of rotatable bonds is 0. The molecule has 0 aromatic heterocycles. The monoisotopic (exact) mass is 199 g/mol. The van der Waals surface area contributed by atoms with E-state index in [4.69, 9.17) is 0 Å². The molecule has 1 unspecified atom stereocenters. The van der Waals surface area contributed by atoms with Gasteiger partial charge in [0.05, 0.1) is 0 Å². The second-order valence-corrected chi connectivity index (χ2v) is 2.18. The molecule has 1 rings (SSSR count). The smallest absolute Gasteiger partial charge is 0 e. The Morgan fingerprint density at radius 1 is 1.56 bits per heavy atom. The Labute approximate surface area is 84.0 Å². The van der Waals surface area contributed by atoms with Crippen molar-refractivity contribution in [3.8, 4) is 0 Å². The minimum absolute atomic E-state index is 0. The molecule has 1 atom stereocenters. The number of allylic oxidation sites excluding steroid dienone is 2. The van der Waals surface area contributed by atoms with E-state index in [-0.39, 0.29) is 40.1 Å². The molecule has 1 heteroatoms. The van der Waals surface area contributed by atoms with Crippen LogP contribution in [0.5, 0.6) is 0 Å². The zero-order chi connectivity index (χ0) is 5.11. The molecule has 0 aromatic carbocycles. The van der Waals surface area contributed by atoms with Gasteiger partial charge in [-0.05, 0) is 0 Å². The van der Waals surface area contributed by atoms with Gasteiger partial charge in [0.15, 0.2) is 0 Å². The van der Waals surface area contributed by atoms with Gasteiger partial charge >= 0.3 is 0 Å². The zero-order valence-corrected chi connectivity index (χ0v) is 9.14. The molecule has 0 N–H and O–H groups in total. The van der Waals surface area contributed by atoms with E-state index in [1.54, 1.807) is 0 Å².